The summed E-state index contributed by atoms with van der Waals surface area (Å²) in [6, 6.07) is 7.61. The lowest BCUT2D eigenvalue weighted by molar-refractivity contribution is -0.137. The van der Waals surface area contributed by atoms with Gasteiger partial charge in [-0.1, -0.05) is 18.2 Å². The lowest BCUT2D eigenvalue weighted by atomic mass is 10.2. The maximum Gasteiger partial charge on any atom is 0.323 e. The number of carboxylic acid groups (broad SMARTS) is 1. The van der Waals surface area contributed by atoms with Crippen molar-refractivity contribution in [3.8, 4) is 0 Å². The average Bonchev–Trinajstić information content (AvgIpc) is 2.72. The van der Waals surface area contributed by atoms with Crippen LogP contribution in [0.5, 0.6) is 0 Å². The summed E-state index contributed by atoms with van der Waals surface area (Å²) < 4.78 is 2.59. The van der Waals surface area contributed by atoms with Crippen LogP contribution in [0.15, 0.2) is 35.4 Å². The van der Waals surface area contributed by atoms with Gasteiger partial charge in [0.05, 0.1) is 11.8 Å². The van der Waals surface area contributed by atoms with Crippen LogP contribution >= 0.6 is 11.3 Å². The topological polar surface area (TPSA) is 72.2 Å². The van der Waals surface area contributed by atoms with Gasteiger partial charge in [-0.2, -0.15) is 0 Å². The van der Waals surface area contributed by atoms with Gasteiger partial charge in [-0.05, 0) is 6.07 Å². The lowest BCUT2D eigenvalue weighted by Crippen LogP contribution is -2.23. The van der Waals surface area contributed by atoms with E-state index in [1.807, 2.05) is 24.3 Å². The smallest absolute Gasteiger partial charge is 0.323 e. The van der Waals surface area contributed by atoms with E-state index in [9.17, 15) is 9.59 Å². The van der Waals surface area contributed by atoms with Crippen LogP contribution in [0.25, 0.3) is 20.3 Å². The van der Waals surface area contributed by atoms with Gasteiger partial charge in [0.1, 0.15) is 11.2 Å². The van der Waals surface area contributed by atoms with Gasteiger partial charge in [0.15, 0.2) is 0 Å². The number of carboxylic acids is 1. The van der Waals surface area contributed by atoms with Gasteiger partial charge >= 0.3 is 5.97 Å². The Balaban J connectivity index is 2.35. The molecule has 0 aliphatic rings. The number of benzene rings is 1. The fourth-order valence-corrected chi connectivity index (χ4v) is 2.98. The first kappa shape index (κ1) is 10.9. The van der Waals surface area contributed by atoms with E-state index in [0.29, 0.717) is 10.2 Å². The molecular weight excluding hydrogens is 252 g/mol. The summed E-state index contributed by atoms with van der Waals surface area (Å²) in [7, 11) is 0. The molecule has 0 saturated carbocycles. The molecule has 5 nitrogen and oxygen atoms in total. The van der Waals surface area contributed by atoms with Crippen LogP contribution in [-0.2, 0) is 11.3 Å². The van der Waals surface area contributed by atoms with E-state index in [1.54, 1.807) is 0 Å². The highest BCUT2D eigenvalue weighted by Crippen LogP contribution is 2.29. The number of aromatic nitrogens is 2. The van der Waals surface area contributed by atoms with Crippen LogP contribution in [0.2, 0.25) is 0 Å². The van der Waals surface area contributed by atoms with Gasteiger partial charge in [-0.3, -0.25) is 14.2 Å². The number of aliphatic carboxylic acids is 1. The van der Waals surface area contributed by atoms with Crippen molar-refractivity contribution in [2.75, 3.05) is 0 Å². The van der Waals surface area contributed by atoms with Gasteiger partial charge in [-0.15, -0.1) is 11.3 Å². The van der Waals surface area contributed by atoms with Gasteiger partial charge in [0, 0.05) is 10.1 Å². The van der Waals surface area contributed by atoms with E-state index in [1.165, 1.54) is 17.7 Å². The standard InChI is InChI=1S/C12H8N2O3S/c15-9(16)5-14-6-13-10-7-3-1-2-4-8(7)18-11(10)12(14)17/h1-4,6H,5H2,(H,15,16). The van der Waals surface area contributed by atoms with Crippen molar-refractivity contribution in [3.05, 3.63) is 40.9 Å². The SMILES string of the molecule is O=C(O)Cn1cnc2c(sc3ccccc32)c1=O. The Kier molecular flexibility index (Phi) is 2.38. The number of hydrogen-bond donors (Lipinski definition) is 1. The van der Waals surface area contributed by atoms with E-state index < -0.39 is 5.97 Å². The summed E-state index contributed by atoms with van der Waals surface area (Å²) in [5.74, 6) is -1.06. The van der Waals surface area contributed by atoms with E-state index in [4.69, 9.17) is 5.11 Å². The van der Waals surface area contributed by atoms with E-state index in [-0.39, 0.29) is 12.1 Å². The summed E-state index contributed by atoms with van der Waals surface area (Å²) in [6.45, 7) is -0.365. The average molecular weight is 260 g/mol. The molecule has 1 aromatic carbocycles. The minimum Gasteiger partial charge on any atom is -0.480 e. The first-order valence-electron chi connectivity index (χ1n) is 5.25. The first-order valence-corrected chi connectivity index (χ1v) is 6.07. The largest absolute Gasteiger partial charge is 0.480 e. The van der Waals surface area contributed by atoms with Crippen LogP contribution in [0.4, 0.5) is 0 Å². The second-order valence-corrected chi connectivity index (χ2v) is 4.90. The molecule has 0 amide bonds. The fourth-order valence-electron chi connectivity index (χ4n) is 1.87. The Hall–Kier alpha value is -2.21. The molecule has 3 rings (SSSR count). The summed E-state index contributed by atoms with van der Waals surface area (Å²) in [5.41, 5.74) is 0.339. The van der Waals surface area contributed by atoms with Crippen molar-refractivity contribution in [2.24, 2.45) is 0 Å². The number of carbonyl (C=O) groups is 1. The lowest BCUT2D eigenvalue weighted by Gasteiger charge is -2.00. The monoisotopic (exact) mass is 260 g/mol. The molecule has 0 saturated heterocycles. The Morgan fingerprint density at radius 3 is 2.94 bits per heavy atom. The third kappa shape index (κ3) is 1.58. The van der Waals surface area contributed by atoms with Crippen molar-refractivity contribution >= 4 is 37.6 Å². The molecule has 90 valence electrons. The molecule has 0 radical (unpaired) electrons. The maximum absolute atomic E-state index is 12.1. The van der Waals surface area contributed by atoms with E-state index in [2.05, 4.69) is 4.98 Å². The third-order valence-electron chi connectivity index (χ3n) is 2.66. The van der Waals surface area contributed by atoms with Crippen molar-refractivity contribution in [1.82, 2.24) is 9.55 Å². The van der Waals surface area contributed by atoms with Crippen LogP contribution in [0, 0.1) is 0 Å². The second-order valence-electron chi connectivity index (χ2n) is 3.85. The van der Waals surface area contributed by atoms with Crippen molar-refractivity contribution in [3.63, 3.8) is 0 Å². The predicted octanol–water partition coefficient (Wildman–Crippen LogP) is 1.70. The van der Waals surface area contributed by atoms with E-state index >= 15 is 0 Å². The zero-order valence-electron chi connectivity index (χ0n) is 9.16. The van der Waals surface area contributed by atoms with Gasteiger partial charge in [-0.25, -0.2) is 4.98 Å². The Bertz CT molecular complexity index is 819. The molecule has 0 atom stereocenters. The number of nitrogens with zero attached hydrogens (tertiary/aromatic N) is 2. The fraction of sp³-hybridized carbons (Fsp3) is 0.0833. The summed E-state index contributed by atoms with van der Waals surface area (Å²) >= 11 is 1.34. The normalized spacial score (nSPS) is 11.1. The summed E-state index contributed by atoms with van der Waals surface area (Å²) in [5, 5.41) is 9.65. The number of thiophene rings is 1. The van der Waals surface area contributed by atoms with Crippen LogP contribution < -0.4 is 5.56 Å². The summed E-state index contributed by atoms with van der Waals surface area (Å²) in [4.78, 5) is 26.9. The molecule has 18 heavy (non-hydrogen) atoms. The molecule has 0 unspecified atom stereocenters. The molecule has 3 aromatic rings. The molecule has 2 heterocycles. The van der Waals surface area contributed by atoms with Crippen LogP contribution in [0.3, 0.4) is 0 Å². The molecule has 0 spiro atoms. The Morgan fingerprint density at radius 1 is 1.39 bits per heavy atom. The minimum absolute atomic E-state index is 0.302. The Labute approximate surface area is 105 Å². The number of hydrogen-bond acceptors (Lipinski definition) is 4. The highest BCUT2D eigenvalue weighted by Gasteiger charge is 2.12. The molecule has 0 fully saturated rings. The molecule has 2 aromatic heterocycles. The summed E-state index contributed by atoms with van der Waals surface area (Å²) in [6.07, 6.45) is 1.29. The van der Waals surface area contributed by atoms with Crippen LogP contribution in [-0.4, -0.2) is 20.6 Å². The van der Waals surface area contributed by atoms with E-state index in [0.717, 1.165) is 14.7 Å². The molecule has 0 aliphatic carbocycles. The van der Waals surface area contributed by atoms with Gasteiger partial charge in [0.25, 0.3) is 5.56 Å². The third-order valence-corrected chi connectivity index (χ3v) is 3.80. The molecule has 6 heteroatoms. The highest BCUT2D eigenvalue weighted by molar-refractivity contribution is 7.25. The first-order chi connectivity index (χ1) is 8.66. The van der Waals surface area contributed by atoms with Crippen molar-refractivity contribution in [1.29, 1.82) is 0 Å². The van der Waals surface area contributed by atoms with Crippen molar-refractivity contribution in [2.45, 2.75) is 6.54 Å². The second kappa shape index (κ2) is 3.92. The number of rotatable bonds is 2. The van der Waals surface area contributed by atoms with Gasteiger partial charge < -0.3 is 5.11 Å². The van der Waals surface area contributed by atoms with Gasteiger partial charge in [0.2, 0.25) is 0 Å². The molecule has 0 aliphatic heterocycles. The maximum atomic E-state index is 12.1. The Morgan fingerprint density at radius 2 is 2.17 bits per heavy atom. The molecular formula is C12H8N2O3S. The molecule has 1 N–H and O–H groups in total. The number of fused-ring (bicyclic) bond motifs is 3. The predicted molar refractivity (Wildman–Crippen MR) is 69.0 cm³/mol. The zero-order valence-corrected chi connectivity index (χ0v) is 9.98. The minimum atomic E-state index is -1.06. The highest BCUT2D eigenvalue weighted by atomic mass is 32.1. The van der Waals surface area contributed by atoms with Crippen LogP contribution in [0.1, 0.15) is 0 Å². The molecule has 0 bridgehead atoms. The van der Waals surface area contributed by atoms with Crippen molar-refractivity contribution < 1.29 is 9.90 Å². The quantitative estimate of drug-likeness (QED) is 0.761. The zero-order chi connectivity index (χ0) is 12.7.